The van der Waals surface area contributed by atoms with Crippen molar-refractivity contribution in [3.05, 3.63) is 0 Å². The van der Waals surface area contributed by atoms with Gasteiger partial charge in [-0.15, -0.1) is 0 Å². The Labute approximate surface area is 89.4 Å². The molecule has 2 aliphatic rings. The summed E-state index contributed by atoms with van der Waals surface area (Å²) in [5, 5.41) is 0. The second kappa shape index (κ2) is 4.11. The van der Waals surface area contributed by atoms with E-state index in [2.05, 4.69) is 0 Å². The van der Waals surface area contributed by atoms with E-state index in [4.69, 9.17) is 5.73 Å². The van der Waals surface area contributed by atoms with E-state index in [1.165, 1.54) is 6.42 Å². The first kappa shape index (κ1) is 10.3. The number of nitrogens with zero attached hydrogens (tertiary/aromatic N) is 1. The monoisotopic (exact) mass is 214 g/mol. The minimum absolute atomic E-state index is 0.291. The average Bonchev–Trinajstić information content (AvgIpc) is 2.69. The fourth-order valence-corrected chi connectivity index (χ4v) is 3.16. The minimum atomic E-state index is 0.291. The lowest BCUT2D eigenvalue weighted by atomic mass is 9.98. The number of carbonyl (C=O) groups excluding carboxylic acids is 1. The normalized spacial score (nSPS) is 36.1. The third kappa shape index (κ3) is 1.77. The van der Waals surface area contributed by atoms with Gasteiger partial charge in [-0.2, -0.15) is 11.8 Å². The van der Waals surface area contributed by atoms with Crippen LogP contribution in [-0.2, 0) is 4.79 Å². The van der Waals surface area contributed by atoms with Crippen molar-refractivity contribution in [1.29, 1.82) is 0 Å². The summed E-state index contributed by atoms with van der Waals surface area (Å²) in [4.78, 5) is 13.7. The van der Waals surface area contributed by atoms with E-state index < -0.39 is 0 Å². The van der Waals surface area contributed by atoms with Crippen molar-refractivity contribution < 1.29 is 4.79 Å². The predicted molar refractivity (Wildman–Crippen MR) is 59.2 cm³/mol. The van der Waals surface area contributed by atoms with Gasteiger partial charge in [-0.25, -0.2) is 0 Å². The molecule has 1 aliphatic heterocycles. The highest BCUT2D eigenvalue weighted by atomic mass is 32.2. The summed E-state index contributed by atoms with van der Waals surface area (Å²) < 4.78 is 0. The van der Waals surface area contributed by atoms with E-state index in [1.54, 1.807) is 11.8 Å². The highest BCUT2D eigenvalue weighted by Gasteiger charge is 2.42. The van der Waals surface area contributed by atoms with Crippen LogP contribution in [0, 0.1) is 11.8 Å². The van der Waals surface area contributed by atoms with Gasteiger partial charge in [-0.1, -0.05) is 0 Å². The second-order valence-corrected chi connectivity index (χ2v) is 5.26. The zero-order valence-electron chi connectivity index (χ0n) is 8.61. The number of likely N-dealkylation sites (tertiary alicyclic amines) is 1. The number of nitrogens with two attached hydrogens (primary N) is 1. The summed E-state index contributed by atoms with van der Waals surface area (Å²) in [7, 11) is 0. The maximum atomic E-state index is 11.6. The van der Waals surface area contributed by atoms with Crippen LogP contribution in [0.2, 0.25) is 0 Å². The molecular weight excluding hydrogens is 196 g/mol. The molecule has 2 fully saturated rings. The lowest BCUT2D eigenvalue weighted by molar-refractivity contribution is -0.127. The van der Waals surface area contributed by atoms with Crippen LogP contribution in [0.25, 0.3) is 0 Å². The quantitative estimate of drug-likeness (QED) is 0.730. The van der Waals surface area contributed by atoms with Gasteiger partial charge in [-0.3, -0.25) is 4.79 Å². The standard InChI is InChI=1S/C10H18N2OS/c1-14-6-10(13)12-4-7-2-3-9(11)8(7)5-12/h7-9H,2-6,11H2,1H3. The molecule has 1 saturated heterocycles. The summed E-state index contributed by atoms with van der Waals surface area (Å²) in [6.45, 7) is 1.86. The largest absolute Gasteiger partial charge is 0.341 e. The van der Waals surface area contributed by atoms with Gasteiger partial charge in [0.25, 0.3) is 0 Å². The molecule has 80 valence electrons. The number of thioether (sulfide) groups is 1. The molecular formula is C10H18N2OS. The van der Waals surface area contributed by atoms with Crippen molar-refractivity contribution in [2.24, 2.45) is 17.6 Å². The maximum absolute atomic E-state index is 11.6. The van der Waals surface area contributed by atoms with Crippen molar-refractivity contribution in [3.63, 3.8) is 0 Å². The van der Waals surface area contributed by atoms with Crippen LogP contribution < -0.4 is 5.73 Å². The molecule has 0 radical (unpaired) electrons. The van der Waals surface area contributed by atoms with Crippen LogP contribution >= 0.6 is 11.8 Å². The Morgan fingerprint density at radius 3 is 2.93 bits per heavy atom. The first-order valence-corrected chi connectivity index (χ1v) is 6.64. The molecule has 0 spiro atoms. The van der Waals surface area contributed by atoms with E-state index in [9.17, 15) is 4.79 Å². The second-order valence-electron chi connectivity index (χ2n) is 4.40. The van der Waals surface area contributed by atoms with E-state index in [1.807, 2.05) is 11.2 Å². The molecule has 1 amide bonds. The fourth-order valence-electron chi connectivity index (χ4n) is 2.73. The van der Waals surface area contributed by atoms with Crippen LogP contribution in [0.15, 0.2) is 0 Å². The summed E-state index contributed by atoms with van der Waals surface area (Å²) in [5.74, 6) is 2.19. The van der Waals surface area contributed by atoms with Crippen molar-refractivity contribution >= 4 is 17.7 Å². The molecule has 0 aromatic heterocycles. The van der Waals surface area contributed by atoms with Gasteiger partial charge in [-0.05, 0) is 30.9 Å². The Hall–Kier alpha value is -0.220. The van der Waals surface area contributed by atoms with E-state index in [0.717, 1.165) is 19.5 Å². The van der Waals surface area contributed by atoms with Crippen LogP contribution in [0.4, 0.5) is 0 Å². The van der Waals surface area contributed by atoms with Gasteiger partial charge in [0.15, 0.2) is 0 Å². The molecule has 0 bridgehead atoms. The molecule has 1 saturated carbocycles. The highest BCUT2D eigenvalue weighted by molar-refractivity contribution is 7.99. The lowest BCUT2D eigenvalue weighted by Crippen LogP contribution is -2.34. The number of fused-ring (bicyclic) bond motifs is 1. The Bertz CT molecular complexity index is 234. The molecule has 0 aromatic rings. The van der Waals surface area contributed by atoms with Gasteiger partial charge in [0, 0.05) is 19.1 Å². The number of amides is 1. The summed E-state index contributed by atoms with van der Waals surface area (Å²) in [5.41, 5.74) is 6.01. The first-order valence-electron chi connectivity index (χ1n) is 5.24. The molecule has 3 unspecified atom stereocenters. The third-order valence-corrected chi connectivity index (χ3v) is 4.07. The summed E-state index contributed by atoms with van der Waals surface area (Å²) in [6.07, 6.45) is 4.34. The van der Waals surface area contributed by atoms with E-state index >= 15 is 0 Å². The Morgan fingerprint density at radius 1 is 1.50 bits per heavy atom. The fraction of sp³-hybridized carbons (Fsp3) is 0.900. The Morgan fingerprint density at radius 2 is 2.29 bits per heavy atom. The third-order valence-electron chi connectivity index (χ3n) is 3.53. The molecule has 3 atom stereocenters. The molecule has 2 rings (SSSR count). The van der Waals surface area contributed by atoms with E-state index in [-0.39, 0.29) is 0 Å². The predicted octanol–water partition coefficient (Wildman–Crippen LogP) is 0.545. The van der Waals surface area contributed by atoms with Crippen LogP contribution in [0.5, 0.6) is 0 Å². The summed E-state index contributed by atoms with van der Waals surface area (Å²) >= 11 is 1.60. The van der Waals surface area contributed by atoms with Gasteiger partial charge in [0.05, 0.1) is 5.75 Å². The van der Waals surface area contributed by atoms with Gasteiger partial charge in [0.1, 0.15) is 0 Å². The zero-order chi connectivity index (χ0) is 10.1. The molecule has 2 N–H and O–H groups in total. The van der Waals surface area contributed by atoms with Crippen LogP contribution in [-0.4, -0.2) is 41.9 Å². The maximum Gasteiger partial charge on any atom is 0.232 e. The number of carbonyl (C=O) groups is 1. The van der Waals surface area contributed by atoms with Crippen molar-refractivity contribution in [2.75, 3.05) is 25.1 Å². The molecule has 14 heavy (non-hydrogen) atoms. The number of rotatable bonds is 2. The molecule has 3 nitrogen and oxygen atoms in total. The van der Waals surface area contributed by atoms with Gasteiger partial charge in [0.2, 0.25) is 5.91 Å². The van der Waals surface area contributed by atoms with Gasteiger partial charge >= 0.3 is 0 Å². The number of hydrogen-bond acceptors (Lipinski definition) is 3. The van der Waals surface area contributed by atoms with E-state index in [0.29, 0.717) is 29.5 Å². The topological polar surface area (TPSA) is 46.3 Å². The Balaban J connectivity index is 1.92. The zero-order valence-corrected chi connectivity index (χ0v) is 9.43. The lowest BCUT2D eigenvalue weighted by Gasteiger charge is -2.18. The van der Waals surface area contributed by atoms with Crippen molar-refractivity contribution in [3.8, 4) is 0 Å². The molecule has 0 aromatic carbocycles. The first-order chi connectivity index (χ1) is 6.72. The van der Waals surface area contributed by atoms with Crippen LogP contribution in [0.1, 0.15) is 12.8 Å². The van der Waals surface area contributed by atoms with Crippen LogP contribution in [0.3, 0.4) is 0 Å². The Kier molecular flexibility index (Phi) is 3.02. The smallest absolute Gasteiger partial charge is 0.232 e. The van der Waals surface area contributed by atoms with Gasteiger partial charge < -0.3 is 10.6 Å². The SMILES string of the molecule is CSCC(=O)N1CC2CCC(N)C2C1. The van der Waals surface area contributed by atoms with Crippen molar-refractivity contribution in [2.45, 2.75) is 18.9 Å². The highest BCUT2D eigenvalue weighted by Crippen LogP contribution is 2.37. The average molecular weight is 214 g/mol. The molecule has 1 heterocycles. The molecule has 1 aliphatic carbocycles. The minimum Gasteiger partial charge on any atom is -0.341 e. The number of hydrogen-bond donors (Lipinski definition) is 1. The summed E-state index contributed by atoms with van der Waals surface area (Å²) in [6, 6.07) is 0.340. The molecule has 4 heteroatoms. The van der Waals surface area contributed by atoms with Crippen molar-refractivity contribution in [1.82, 2.24) is 4.90 Å².